The summed E-state index contributed by atoms with van der Waals surface area (Å²) in [4.78, 5) is 4.61. The molecule has 0 spiro atoms. The Labute approximate surface area is 394 Å². The van der Waals surface area contributed by atoms with E-state index in [4.69, 9.17) is 17.7 Å². The summed E-state index contributed by atoms with van der Waals surface area (Å²) in [6.45, 7) is 2.20. The van der Waals surface area contributed by atoms with Gasteiger partial charge < -0.3 is 27.5 Å². The highest BCUT2D eigenvalue weighted by atomic mass is 16.3. The predicted octanol–water partition coefficient (Wildman–Crippen LogP) is 18.8. The molecule has 6 nitrogen and oxygen atoms in total. The van der Waals surface area contributed by atoms with E-state index in [2.05, 4.69) is 205 Å². The van der Waals surface area contributed by atoms with E-state index in [9.17, 15) is 0 Å². The zero-order valence-electron chi connectivity index (χ0n) is 37.2. The number of hydrogen-bond donors (Lipinski definition) is 0. The summed E-state index contributed by atoms with van der Waals surface area (Å²) in [5.41, 5.74) is 14.3. The number of nitrogens with zero attached hydrogens (tertiary/aromatic N) is 2. The van der Waals surface area contributed by atoms with Crippen LogP contribution in [0, 0.1) is 6.92 Å². The van der Waals surface area contributed by atoms with Gasteiger partial charge in [-0.15, -0.1) is 0 Å². The molecule has 6 heteroatoms. The van der Waals surface area contributed by atoms with Crippen LogP contribution in [0.25, 0.3) is 109 Å². The van der Waals surface area contributed by atoms with Crippen LogP contribution in [0.5, 0.6) is 0 Å². The average Bonchev–Trinajstić information content (AvgIpc) is 4.15. The van der Waals surface area contributed by atoms with Crippen LogP contribution in [0.4, 0.5) is 34.1 Å². The van der Waals surface area contributed by atoms with Crippen LogP contribution in [0.1, 0.15) is 5.56 Å². The lowest BCUT2D eigenvalue weighted by Crippen LogP contribution is -2.09. The van der Waals surface area contributed by atoms with E-state index < -0.39 is 0 Å². The minimum atomic E-state index is 0.809. The Balaban J connectivity index is 0.833. The number of fused-ring (bicyclic) bond motifs is 14. The second kappa shape index (κ2) is 14.4. The van der Waals surface area contributed by atoms with Gasteiger partial charge in [0.1, 0.15) is 44.7 Å². The van der Waals surface area contributed by atoms with Crippen molar-refractivity contribution < 1.29 is 17.7 Å². The third-order valence-corrected chi connectivity index (χ3v) is 14.1. The topological polar surface area (TPSA) is 59.0 Å². The lowest BCUT2D eigenvalue weighted by atomic mass is 9.98. The molecule has 0 radical (unpaired) electrons. The summed E-state index contributed by atoms with van der Waals surface area (Å²) in [6.07, 6.45) is 0. The van der Waals surface area contributed by atoms with Crippen LogP contribution in [0.3, 0.4) is 0 Å². The van der Waals surface area contributed by atoms with Gasteiger partial charge in [-0.3, -0.25) is 0 Å². The fourth-order valence-corrected chi connectivity index (χ4v) is 10.9. The Morgan fingerprint density at radius 2 is 0.638 bits per heavy atom. The average molecular weight is 887 g/mol. The molecule has 4 heterocycles. The van der Waals surface area contributed by atoms with Crippen molar-refractivity contribution in [2.75, 3.05) is 9.80 Å². The van der Waals surface area contributed by atoms with Gasteiger partial charge in [0.2, 0.25) is 0 Å². The molecule has 15 aromatic rings. The number of rotatable bonds is 6. The monoisotopic (exact) mass is 886 g/mol. The van der Waals surface area contributed by atoms with Crippen LogP contribution < -0.4 is 9.80 Å². The predicted molar refractivity (Wildman–Crippen MR) is 285 cm³/mol. The zero-order valence-corrected chi connectivity index (χ0v) is 37.2. The highest BCUT2D eigenvalue weighted by Gasteiger charge is 2.22. The summed E-state index contributed by atoms with van der Waals surface area (Å²) in [7, 11) is 0. The molecule has 0 bridgehead atoms. The molecule has 0 fully saturated rings. The normalized spacial score (nSPS) is 12.1. The van der Waals surface area contributed by atoms with Gasteiger partial charge >= 0.3 is 0 Å². The third kappa shape index (κ3) is 5.79. The standard InChI is InChI=1S/C63H38N2O4/c1-37-62-52-30-38-20-22-44(64(42-12-4-2-5-13-42)46-24-26-56-50(34-46)48-16-8-10-18-54(48)66-56)28-40(38)32-58(52)68-60(62)36-61-63(37)53-31-39-21-23-45(29-41(39)33-59(53)69-61)65(43-14-6-3-7-15-43)47-25-27-57-51(35-47)49-17-9-11-19-55(49)67-57/h2-36H,1H3. The summed E-state index contributed by atoms with van der Waals surface area (Å²) >= 11 is 0. The minimum Gasteiger partial charge on any atom is -0.456 e. The molecule has 0 aliphatic rings. The lowest BCUT2D eigenvalue weighted by molar-refractivity contribution is 0.656. The van der Waals surface area contributed by atoms with Crippen LogP contribution in [-0.2, 0) is 0 Å². The molecule has 0 saturated heterocycles. The summed E-state index contributed by atoms with van der Waals surface area (Å²) in [6, 6.07) is 74.8. The molecule has 4 aromatic heterocycles. The number of anilines is 6. The van der Waals surface area contributed by atoms with Crippen molar-refractivity contribution in [2.45, 2.75) is 6.92 Å². The van der Waals surface area contributed by atoms with E-state index >= 15 is 0 Å². The highest BCUT2D eigenvalue weighted by Crippen LogP contribution is 2.45. The first-order chi connectivity index (χ1) is 34.1. The molecule has 0 aliphatic carbocycles. The van der Waals surface area contributed by atoms with E-state index in [0.717, 1.165) is 149 Å². The van der Waals surface area contributed by atoms with Crippen molar-refractivity contribution in [1.29, 1.82) is 0 Å². The molecule has 0 N–H and O–H groups in total. The maximum atomic E-state index is 6.75. The molecule has 69 heavy (non-hydrogen) atoms. The van der Waals surface area contributed by atoms with Crippen LogP contribution in [-0.4, -0.2) is 0 Å². The van der Waals surface area contributed by atoms with Gasteiger partial charge in [0.25, 0.3) is 0 Å². The molecule has 0 aliphatic heterocycles. The van der Waals surface area contributed by atoms with Crippen LogP contribution >= 0.6 is 0 Å². The van der Waals surface area contributed by atoms with Crippen molar-refractivity contribution >= 4 is 143 Å². The number of para-hydroxylation sites is 4. The van der Waals surface area contributed by atoms with Gasteiger partial charge in [-0.2, -0.15) is 0 Å². The minimum absolute atomic E-state index is 0.809. The first-order valence-electron chi connectivity index (χ1n) is 23.3. The molecular formula is C63H38N2O4. The van der Waals surface area contributed by atoms with Crippen molar-refractivity contribution in [3.8, 4) is 0 Å². The van der Waals surface area contributed by atoms with Crippen molar-refractivity contribution in [2.24, 2.45) is 0 Å². The van der Waals surface area contributed by atoms with Gasteiger partial charge in [0.15, 0.2) is 0 Å². The van der Waals surface area contributed by atoms with E-state index in [1.54, 1.807) is 0 Å². The zero-order chi connectivity index (χ0) is 45.3. The molecule has 15 rings (SSSR count). The van der Waals surface area contributed by atoms with E-state index in [0.29, 0.717) is 0 Å². The number of benzene rings is 11. The fourth-order valence-electron chi connectivity index (χ4n) is 10.9. The van der Waals surface area contributed by atoms with E-state index in [-0.39, 0.29) is 0 Å². The SMILES string of the molecule is Cc1c2c(cc3oc4cc5cc(N(c6ccccc6)c6ccc7oc8ccccc8c7c6)ccc5cc4c13)oc1cc3cc(N(c4ccccc4)c4ccc5oc6ccccc6c5c4)ccc3cc12. The second-order valence-electron chi connectivity index (χ2n) is 18.1. The summed E-state index contributed by atoms with van der Waals surface area (Å²) in [5.74, 6) is 0. The Morgan fingerprint density at radius 3 is 1.12 bits per heavy atom. The smallest absolute Gasteiger partial charge is 0.139 e. The molecule has 324 valence electrons. The molecule has 0 unspecified atom stereocenters. The fraction of sp³-hybridized carbons (Fsp3) is 0.0159. The molecule has 0 atom stereocenters. The number of aryl methyl sites for hydroxylation is 1. The Hall–Kier alpha value is -9.26. The number of hydrogen-bond acceptors (Lipinski definition) is 6. The van der Waals surface area contributed by atoms with Crippen molar-refractivity contribution in [1.82, 2.24) is 0 Å². The summed E-state index contributed by atoms with van der Waals surface area (Å²) < 4.78 is 25.9. The molecule has 0 saturated carbocycles. The molecule has 0 amide bonds. The van der Waals surface area contributed by atoms with Crippen molar-refractivity contribution in [3.05, 3.63) is 218 Å². The first kappa shape index (κ1) is 37.9. The van der Waals surface area contributed by atoms with Crippen LogP contribution in [0.15, 0.2) is 230 Å². The first-order valence-corrected chi connectivity index (χ1v) is 23.3. The molecule has 11 aromatic carbocycles. The number of furan rings is 4. The van der Waals surface area contributed by atoms with Gasteiger partial charge in [-0.1, -0.05) is 84.9 Å². The van der Waals surface area contributed by atoms with Crippen LogP contribution in [0.2, 0.25) is 0 Å². The maximum absolute atomic E-state index is 6.75. The quantitative estimate of drug-likeness (QED) is 0.166. The molecular weight excluding hydrogens is 849 g/mol. The van der Waals surface area contributed by atoms with Gasteiger partial charge in [-0.05, 0) is 155 Å². The van der Waals surface area contributed by atoms with Gasteiger partial charge in [0.05, 0.1) is 0 Å². The van der Waals surface area contributed by atoms with Gasteiger partial charge in [-0.25, -0.2) is 0 Å². The summed E-state index contributed by atoms with van der Waals surface area (Å²) in [5, 5.41) is 13.2. The van der Waals surface area contributed by atoms with Crippen molar-refractivity contribution in [3.63, 3.8) is 0 Å². The second-order valence-corrected chi connectivity index (χ2v) is 18.1. The van der Waals surface area contributed by atoms with Gasteiger partial charge in [0, 0.05) is 83.3 Å². The van der Waals surface area contributed by atoms with E-state index in [1.165, 1.54) is 0 Å². The lowest BCUT2D eigenvalue weighted by Gasteiger charge is -2.26. The Kier molecular flexibility index (Phi) is 7.89. The highest BCUT2D eigenvalue weighted by molar-refractivity contribution is 6.21. The largest absolute Gasteiger partial charge is 0.456 e. The Bertz CT molecular complexity index is 4290. The maximum Gasteiger partial charge on any atom is 0.139 e. The Morgan fingerprint density at radius 1 is 0.246 bits per heavy atom. The third-order valence-electron chi connectivity index (χ3n) is 14.1. The van der Waals surface area contributed by atoms with E-state index in [1.807, 2.05) is 24.3 Å².